The van der Waals surface area contributed by atoms with Crippen molar-refractivity contribution in [1.82, 2.24) is 19.4 Å². The van der Waals surface area contributed by atoms with Gasteiger partial charge in [-0.2, -0.15) is 5.26 Å². The lowest BCUT2D eigenvalue weighted by molar-refractivity contribution is -0.0847. The van der Waals surface area contributed by atoms with Crippen LogP contribution in [-0.4, -0.2) is 39.1 Å². The maximum absolute atomic E-state index is 15.6. The van der Waals surface area contributed by atoms with Crippen LogP contribution < -0.4 is 10.9 Å². The minimum Gasteiger partial charge on any atom is -0.365 e. The number of halogens is 2. The van der Waals surface area contributed by atoms with Crippen molar-refractivity contribution < 1.29 is 8.78 Å². The second-order valence-electron chi connectivity index (χ2n) is 11.8. The molecule has 9 heteroatoms. The SMILES string of the molecule is C=CCCCCCn1c(=O)c(C2(C#N)CC2)cc2c(NCc3cccc(C(F)(F)C4CCN(CC=C)CC4)c3)ncnc21.CC. The molecule has 0 radical (unpaired) electrons. The van der Waals surface area contributed by atoms with Gasteiger partial charge in [0.25, 0.3) is 11.5 Å². The standard InChI is InChI=1S/C34H40F2N6O.C2H6/c1-3-5-6-7-8-17-42-31-28(21-29(32(42)43)33(23-37)14-15-33)30(39-24-40-31)38-22-25-10-9-11-27(20-25)34(35,36)26-12-18-41(16-4-2)19-13-26;1-2/h3-4,9-11,20-21,24,26H,1-2,5-8,12-19,22H2,(H,38,39,40);1-2H3. The summed E-state index contributed by atoms with van der Waals surface area (Å²) in [5.41, 5.74) is 0.771. The van der Waals surface area contributed by atoms with E-state index in [1.807, 2.05) is 32.1 Å². The zero-order chi connectivity index (χ0) is 32.5. The number of nitrogens with zero attached hydrogens (tertiary/aromatic N) is 5. The highest BCUT2D eigenvalue weighted by molar-refractivity contribution is 5.87. The average Bonchev–Trinajstić information content (AvgIpc) is 3.87. The van der Waals surface area contributed by atoms with Gasteiger partial charge in [0.2, 0.25) is 0 Å². The number of rotatable bonds is 14. The molecular formula is C36H46F2N6O. The van der Waals surface area contributed by atoms with Crippen LogP contribution in [0.1, 0.15) is 81.9 Å². The van der Waals surface area contributed by atoms with Crippen LogP contribution in [0.5, 0.6) is 0 Å². The van der Waals surface area contributed by atoms with Gasteiger partial charge in [0.1, 0.15) is 17.8 Å². The van der Waals surface area contributed by atoms with E-state index in [1.165, 1.54) is 12.4 Å². The number of nitriles is 1. The van der Waals surface area contributed by atoms with E-state index in [4.69, 9.17) is 0 Å². The topological polar surface area (TPSA) is 86.8 Å². The van der Waals surface area contributed by atoms with Crippen molar-refractivity contribution in [2.45, 2.75) is 89.6 Å². The van der Waals surface area contributed by atoms with Gasteiger partial charge in [0.05, 0.1) is 16.9 Å². The van der Waals surface area contributed by atoms with E-state index in [2.05, 4.69) is 39.4 Å². The number of fused-ring (bicyclic) bond motifs is 1. The third-order valence-electron chi connectivity index (χ3n) is 8.91. The number of piperidine rings is 1. The number of hydrogen-bond acceptors (Lipinski definition) is 6. The molecule has 1 N–H and O–H groups in total. The van der Waals surface area contributed by atoms with E-state index >= 15 is 8.78 Å². The number of benzene rings is 1. The third-order valence-corrected chi connectivity index (χ3v) is 8.91. The molecule has 1 aliphatic heterocycles. The maximum Gasteiger partial charge on any atom is 0.276 e. The summed E-state index contributed by atoms with van der Waals surface area (Å²) in [6.45, 7) is 14.3. The number of pyridine rings is 1. The molecule has 2 fully saturated rings. The molecule has 240 valence electrons. The molecule has 3 aromatic rings. The average molecular weight is 617 g/mol. The molecule has 1 saturated carbocycles. The summed E-state index contributed by atoms with van der Waals surface area (Å²) >= 11 is 0. The fraction of sp³-hybridized carbons (Fsp3) is 0.500. The zero-order valence-corrected chi connectivity index (χ0v) is 26.7. The summed E-state index contributed by atoms with van der Waals surface area (Å²) in [7, 11) is 0. The van der Waals surface area contributed by atoms with Crippen LogP contribution >= 0.6 is 0 Å². The van der Waals surface area contributed by atoms with Crippen molar-refractivity contribution >= 4 is 16.9 Å². The highest BCUT2D eigenvalue weighted by Gasteiger charge is 2.47. The molecular weight excluding hydrogens is 570 g/mol. The minimum absolute atomic E-state index is 0.0267. The molecule has 1 saturated heterocycles. The number of hydrogen-bond donors (Lipinski definition) is 1. The molecule has 3 heterocycles. The van der Waals surface area contributed by atoms with Crippen molar-refractivity contribution in [2.24, 2.45) is 5.92 Å². The molecule has 0 bridgehead atoms. The van der Waals surface area contributed by atoms with Crippen molar-refractivity contribution in [3.05, 3.63) is 89.0 Å². The Hall–Kier alpha value is -3.90. The first kappa shape index (κ1) is 34.0. The largest absolute Gasteiger partial charge is 0.365 e. The van der Waals surface area contributed by atoms with Gasteiger partial charge in [-0.25, -0.2) is 18.7 Å². The van der Waals surface area contributed by atoms with Gasteiger partial charge in [-0.05, 0) is 75.7 Å². The molecule has 0 spiro atoms. The first-order chi connectivity index (χ1) is 21.8. The van der Waals surface area contributed by atoms with Crippen LogP contribution in [0, 0.1) is 17.2 Å². The summed E-state index contributed by atoms with van der Waals surface area (Å²) in [6.07, 6.45) is 11.0. The summed E-state index contributed by atoms with van der Waals surface area (Å²) < 4.78 is 32.9. The maximum atomic E-state index is 15.6. The Morgan fingerprint density at radius 3 is 2.53 bits per heavy atom. The number of likely N-dealkylation sites (tertiary alicyclic amines) is 1. The Labute approximate surface area is 265 Å². The highest BCUT2D eigenvalue weighted by atomic mass is 19.3. The molecule has 0 unspecified atom stereocenters. The number of alkyl halides is 2. The van der Waals surface area contributed by atoms with Crippen molar-refractivity contribution in [2.75, 3.05) is 25.0 Å². The van der Waals surface area contributed by atoms with Gasteiger partial charge in [-0.1, -0.05) is 50.6 Å². The van der Waals surface area contributed by atoms with Crippen molar-refractivity contribution in [1.29, 1.82) is 5.26 Å². The Morgan fingerprint density at radius 1 is 1.11 bits per heavy atom. The third kappa shape index (κ3) is 7.67. The Morgan fingerprint density at radius 2 is 1.87 bits per heavy atom. The minimum atomic E-state index is -2.93. The van der Waals surface area contributed by atoms with Crippen LogP contribution in [0.4, 0.5) is 14.6 Å². The van der Waals surface area contributed by atoms with Gasteiger partial charge in [0.15, 0.2) is 0 Å². The number of allylic oxidation sites excluding steroid dienone is 1. The lowest BCUT2D eigenvalue weighted by Crippen LogP contribution is -2.39. The number of aromatic nitrogens is 3. The molecule has 0 atom stereocenters. The van der Waals surface area contributed by atoms with E-state index in [0.29, 0.717) is 73.3 Å². The monoisotopic (exact) mass is 616 g/mol. The summed E-state index contributed by atoms with van der Waals surface area (Å²) in [5, 5.41) is 13.9. The molecule has 1 aliphatic carbocycles. The van der Waals surface area contributed by atoms with E-state index in [0.717, 1.165) is 32.2 Å². The van der Waals surface area contributed by atoms with Crippen LogP contribution in [0.2, 0.25) is 0 Å². The second-order valence-corrected chi connectivity index (χ2v) is 11.8. The summed E-state index contributed by atoms with van der Waals surface area (Å²) in [5.74, 6) is -3.12. The molecule has 1 aromatic carbocycles. The lowest BCUT2D eigenvalue weighted by atomic mass is 9.86. The number of anilines is 1. The van der Waals surface area contributed by atoms with E-state index in [-0.39, 0.29) is 17.7 Å². The lowest BCUT2D eigenvalue weighted by Gasteiger charge is -2.35. The number of unbranched alkanes of at least 4 members (excludes halogenated alkanes) is 3. The van der Waals surface area contributed by atoms with Gasteiger partial charge < -0.3 is 5.32 Å². The molecule has 2 aliphatic rings. The van der Waals surface area contributed by atoms with E-state index in [9.17, 15) is 10.1 Å². The van der Waals surface area contributed by atoms with Gasteiger partial charge >= 0.3 is 0 Å². The molecule has 45 heavy (non-hydrogen) atoms. The first-order valence-corrected chi connectivity index (χ1v) is 16.3. The highest BCUT2D eigenvalue weighted by Crippen LogP contribution is 2.47. The van der Waals surface area contributed by atoms with Crippen molar-refractivity contribution in [3.8, 4) is 6.07 Å². The molecule has 7 nitrogen and oxygen atoms in total. The smallest absolute Gasteiger partial charge is 0.276 e. The quantitative estimate of drug-likeness (QED) is 0.147. The van der Waals surface area contributed by atoms with Crippen LogP contribution in [0.3, 0.4) is 0 Å². The van der Waals surface area contributed by atoms with E-state index < -0.39 is 17.3 Å². The Kier molecular flexibility index (Phi) is 11.6. The normalized spacial score (nSPS) is 16.3. The molecule has 2 aromatic heterocycles. The molecule has 0 amide bonds. The van der Waals surface area contributed by atoms with Crippen LogP contribution in [0.15, 0.2) is 66.8 Å². The van der Waals surface area contributed by atoms with E-state index in [1.54, 1.807) is 22.8 Å². The Bertz CT molecular complexity index is 1560. The fourth-order valence-corrected chi connectivity index (χ4v) is 6.15. The zero-order valence-electron chi connectivity index (χ0n) is 26.7. The summed E-state index contributed by atoms with van der Waals surface area (Å²) in [4.78, 5) is 24.7. The summed E-state index contributed by atoms with van der Waals surface area (Å²) in [6, 6.07) is 10.7. The number of aryl methyl sites for hydroxylation is 1. The number of nitrogens with one attached hydrogen (secondary N) is 1. The van der Waals surface area contributed by atoms with Crippen LogP contribution in [-0.2, 0) is 24.4 Å². The van der Waals surface area contributed by atoms with Crippen molar-refractivity contribution in [3.63, 3.8) is 0 Å². The van der Waals surface area contributed by atoms with Gasteiger partial charge in [0, 0.05) is 36.7 Å². The Balaban J connectivity index is 0.00000226. The predicted molar refractivity (Wildman–Crippen MR) is 177 cm³/mol. The first-order valence-electron chi connectivity index (χ1n) is 16.3. The second kappa shape index (κ2) is 15.4. The fourth-order valence-electron chi connectivity index (χ4n) is 6.15. The van der Waals surface area contributed by atoms with Gasteiger partial charge in [-0.3, -0.25) is 14.3 Å². The predicted octanol–water partition coefficient (Wildman–Crippen LogP) is 7.72. The molecule has 5 rings (SSSR count). The van der Waals surface area contributed by atoms with Gasteiger partial charge in [-0.15, -0.1) is 13.2 Å². The van der Waals surface area contributed by atoms with Crippen LogP contribution in [0.25, 0.3) is 11.0 Å².